The van der Waals surface area contributed by atoms with Crippen LogP contribution in [0.15, 0.2) is 36.5 Å². The Balaban J connectivity index is 2.05. The SMILES string of the molecule is CCn1cccc1CNc1ccc(C)c(O)c1. The van der Waals surface area contributed by atoms with Gasteiger partial charge in [-0.05, 0) is 37.6 Å². The molecule has 0 radical (unpaired) electrons. The van der Waals surface area contributed by atoms with Crippen LogP contribution in [-0.4, -0.2) is 9.67 Å². The van der Waals surface area contributed by atoms with E-state index in [1.807, 2.05) is 25.1 Å². The largest absolute Gasteiger partial charge is 0.508 e. The molecule has 2 aromatic rings. The lowest BCUT2D eigenvalue weighted by Crippen LogP contribution is -2.05. The number of nitrogens with zero attached hydrogens (tertiary/aromatic N) is 1. The molecule has 1 aromatic carbocycles. The number of aromatic hydroxyl groups is 1. The van der Waals surface area contributed by atoms with E-state index >= 15 is 0 Å². The lowest BCUT2D eigenvalue weighted by atomic mass is 10.2. The number of anilines is 1. The first-order valence-electron chi connectivity index (χ1n) is 5.88. The number of nitrogens with one attached hydrogen (secondary N) is 1. The van der Waals surface area contributed by atoms with Gasteiger partial charge in [-0.1, -0.05) is 6.07 Å². The first-order chi connectivity index (χ1) is 8.20. The van der Waals surface area contributed by atoms with E-state index < -0.39 is 0 Å². The van der Waals surface area contributed by atoms with E-state index in [2.05, 4.69) is 29.1 Å². The molecule has 3 nitrogen and oxygen atoms in total. The molecule has 90 valence electrons. The summed E-state index contributed by atoms with van der Waals surface area (Å²) in [4.78, 5) is 0. The number of hydrogen-bond acceptors (Lipinski definition) is 2. The highest BCUT2D eigenvalue weighted by atomic mass is 16.3. The van der Waals surface area contributed by atoms with E-state index in [-0.39, 0.29) is 0 Å². The second-order valence-electron chi connectivity index (χ2n) is 4.14. The fraction of sp³-hybridized carbons (Fsp3) is 0.286. The summed E-state index contributed by atoms with van der Waals surface area (Å²) in [6, 6.07) is 9.80. The van der Waals surface area contributed by atoms with Crippen LogP contribution in [0.1, 0.15) is 18.2 Å². The van der Waals surface area contributed by atoms with Crippen molar-refractivity contribution in [1.29, 1.82) is 0 Å². The van der Waals surface area contributed by atoms with Crippen molar-refractivity contribution in [3.05, 3.63) is 47.8 Å². The molecule has 0 aliphatic rings. The Bertz CT molecular complexity index is 503. The Kier molecular flexibility index (Phi) is 3.38. The van der Waals surface area contributed by atoms with E-state index in [1.54, 1.807) is 6.07 Å². The molecule has 0 spiro atoms. The summed E-state index contributed by atoms with van der Waals surface area (Å²) in [7, 11) is 0. The zero-order chi connectivity index (χ0) is 12.3. The topological polar surface area (TPSA) is 37.2 Å². The molecule has 1 aromatic heterocycles. The molecule has 3 heteroatoms. The van der Waals surface area contributed by atoms with Crippen LogP contribution in [0.2, 0.25) is 0 Å². The number of aryl methyl sites for hydroxylation is 2. The minimum absolute atomic E-state index is 0.334. The van der Waals surface area contributed by atoms with Crippen molar-refractivity contribution >= 4 is 5.69 Å². The van der Waals surface area contributed by atoms with E-state index in [1.165, 1.54) is 5.69 Å². The summed E-state index contributed by atoms with van der Waals surface area (Å²) in [6.45, 7) is 5.76. The number of aromatic nitrogens is 1. The Morgan fingerprint density at radius 1 is 1.29 bits per heavy atom. The van der Waals surface area contributed by atoms with Crippen molar-refractivity contribution in [3.63, 3.8) is 0 Å². The van der Waals surface area contributed by atoms with Crippen molar-refractivity contribution in [1.82, 2.24) is 4.57 Å². The average molecular weight is 230 g/mol. The van der Waals surface area contributed by atoms with Gasteiger partial charge in [-0.3, -0.25) is 0 Å². The van der Waals surface area contributed by atoms with Crippen molar-refractivity contribution in [3.8, 4) is 5.75 Å². The fourth-order valence-corrected chi connectivity index (χ4v) is 1.83. The van der Waals surface area contributed by atoms with E-state index in [0.29, 0.717) is 5.75 Å². The van der Waals surface area contributed by atoms with E-state index in [9.17, 15) is 5.11 Å². The van der Waals surface area contributed by atoms with Crippen LogP contribution in [0.25, 0.3) is 0 Å². The zero-order valence-electron chi connectivity index (χ0n) is 10.3. The quantitative estimate of drug-likeness (QED) is 0.846. The van der Waals surface area contributed by atoms with Gasteiger partial charge in [-0.2, -0.15) is 0 Å². The molecule has 0 atom stereocenters. The first kappa shape index (κ1) is 11.6. The average Bonchev–Trinajstić information content (AvgIpc) is 2.78. The maximum absolute atomic E-state index is 9.61. The zero-order valence-corrected chi connectivity index (χ0v) is 10.3. The number of phenols is 1. The summed E-state index contributed by atoms with van der Waals surface area (Å²) in [5, 5.41) is 12.9. The highest BCUT2D eigenvalue weighted by molar-refractivity contribution is 5.51. The normalized spacial score (nSPS) is 10.5. The number of hydrogen-bond donors (Lipinski definition) is 2. The Labute approximate surface area is 102 Å². The van der Waals surface area contributed by atoms with Gasteiger partial charge in [0, 0.05) is 30.2 Å². The van der Waals surface area contributed by atoms with E-state index in [0.717, 1.165) is 24.3 Å². The Morgan fingerprint density at radius 2 is 2.12 bits per heavy atom. The van der Waals surface area contributed by atoms with Crippen molar-refractivity contribution < 1.29 is 5.11 Å². The molecular formula is C14H18N2O. The third-order valence-corrected chi connectivity index (χ3v) is 2.95. The van der Waals surface area contributed by atoms with E-state index in [4.69, 9.17) is 0 Å². The lowest BCUT2D eigenvalue weighted by Gasteiger charge is -2.10. The highest BCUT2D eigenvalue weighted by Gasteiger charge is 2.01. The van der Waals surface area contributed by atoms with Crippen LogP contribution in [0.5, 0.6) is 5.75 Å². The minimum Gasteiger partial charge on any atom is -0.508 e. The summed E-state index contributed by atoms with van der Waals surface area (Å²) >= 11 is 0. The van der Waals surface area contributed by atoms with Crippen LogP contribution in [-0.2, 0) is 13.1 Å². The molecule has 0 aliphatic heterocycles. The fourth-order valence-electron chi connectivity index (χ4n) is 1.83. The maximum atomic E-state index is 9.61. The van der Waals surface area contributed by atoms with Gasteiger partial charge in [0.2, 0.25) is 0 Å². The third-order valence-electron chi connectivity index (χ3n) is 2.95. The molecule has 0 aliphatic carbocycles. The molecule has 0 bridgehead atoms. The number of phenolic OH excluding ortho intramolecular Hbond substituents is 1. The Hall–Kier alpha value is -1.90. The van der Waals surface area contributed by atoms with Gasteiger partial charge in [-0.15, -0.1) is 0 Å². The predicted molar refractivity (Wildman–Crippen MR) is 70.3 cm³/mol. The molecule has 0 saturated carbocycles. The van der Waals surface area contributed by atoms with Gasteiger partial charge in [0.15, 0.2) is 0 Å². The molecule has 1 heterocycles. The molecule has 0 saturated heterocycles. The van der Waals surface area contributed by atoms with Gasteiger partial charge in [0.1, 0.15) is 5.75 Å². The van der Waals surface area contributed by atoms with Crippen LogP contribution >= 0.6 is 0 Å². The van der Waals surface area contributed by atoms with Gasteiger partial charge in [-0.25, -0.2) is 0 Å². The molecule has 2 rings (SSSR count). The smallest absolute Gasteiger partial charge is 0.120 e. The van der Waals surface area contributed by atoms with Crippen LogP contribution in [0.3, 0.4) is 0 Å². The summed E-state index contributed by atoms with van der Waals surface area (Å²) in [5.74, 6) is 0.334. The maximum Gasteiger partial charge on any atom is 0.120 e. The summed E-state index contributed by atoms with van der Waals surface area (Å²) in [5.41, 5.74) is 3.08. The van der Waals surface area contributed by atoms with Crippen molar-refractivity contribution in [2.75, 3.05) is 5.32 Å². The molecule has 0 fully saturated rings. The summed E-state index contributed by atoms with van der Waals surface area (Å²) < 4.78 is 2.20. The summed E-state index contributed by atoms with van der Waals surface area (Å²) in [6.07, 6.45) is 2.07. The van der Waals surface area contributed by atoms with Gasteiger partial charge >= 0.3 is 0 Å². The van der Waals surface area contributed by atoms with Gasteiger partial charge in [0.25, 0.3) is 0 Å². The predicted octanol–water partition coefficient (Wildman–Crippen LogP) is 3.13. The monoisotopic (exact) mass is 230 g/mol. The molecule has 17 heavy (non-hydrogen) atoms. The van der Waals surface area contributed by atoms with Crippen LogP contribution in [0, 0.1) is 6.92 Å². The van der Waals surface area contributed by atoms with Crippen molar-refractivity contribution in [2.45, 2.75) is 26.9 Å². The molecule has 0 unspecified atom stereocenters. The Morgan fingerprint density at radius 3 is 2.82 bits per heavy atom. The molecular weight excluding hydrogens is 212 g/mol. The number of rotatable bonds is 4. The van der Waals surface area contributed by atoms with Gasteiger partial charge < -0.3 is 15.0 Å². The third kappa shape index (κ3) is 2.61. The minimum atomic E-state index is 0.334. The van der Waals surface area contributed by atoms with Crippen molar-refractivity contribution in [2.24, 2.45) is 0 Å². The highest BCUT2D eigenvalue weighted by Crippen LogP contribution is 2.21. The standard InChI is InChI=1S/C14H18N2O/c1-3-16-8-4-5-13(16)10-15-12-7-6-11(2)14(17)9-12/h4-9,15,17H,3,10H2,1-2H3. The molecule has 0 amide bonds. The van der Waals surface area contributed by atoms with Crippen LogP contribution < -0.4 is 5.32 Å². The number of benzene rings is 1. The van der Waals surface area contributed by atoms with Gasteiger partial charge in [0.05, 0.1) is 6.54 Å². The molecule has 2 N–H and O–H groups in total. The van der Waals surface area contributed by atoms with Crippen LogP contribution in [0.4, 0.5) is 5.69 Å². The lowest BCUT2D eigenvalue weighted by molar-refractivity contribution is 0.471. The second kappa shape index (κ2) is 4.95. The first-order valence-corrected chi connectivity index (χ1v) is 5.88. The second-order valence-corrected chi connectivity index (χ2v) is 4.14.